The number of carbonyl (C=O) groups is 1. The first kappa shape index (κ1) is 24.3. The van der Waals surface area contributed by atoms with E-state index in [-0.39, 0.29) is 22.7 Å². The largest absolute Gasteiger partial charge is 0.463 e. The van der Waals surface area contributed by atoms with Crippen LogP contribution in [-0.2, 0) is 19.4 Å². The number of esters is 1. The SMILES string of the molecule is CCOC(=O)/C=C/Oc1cc2c(cc1Br)N(c1ccccc1)CC(CC)(CC)CS2(=O)=O. The molecule has 172 valence electrons. The number of ether oxygens (including phenoxy) is 2. The lowest BCUT2D eigenvalue weighted by Crippen LogP contribution is -2.37. The molecule has 0 bridgehead atoms. The molecule has 0 atom stereocenters. The van der Waals surface area contributed by atoms with Crippen LogP contribution in [-0.4, -0.2) is 33.3 Å². The van der Waals surface area contributed by atoms with Crippen LogP contribution in [0, 0.1) is 5.41 Å². The second-order valence-electron chi connectivity index (χ2n) is 7.81. The van der Waals surface area contributed by atoms with Gasteiger partial charge in [-0.25, -0.2) is 13.2 Å². The molecular formula is C24H28BrNO5S. The summed E-state index contributed by atoms with van der Waals surface area (Å²) in [5, 5.41) is 0. The zero-order valence-electron chi connectivity index (χ0n) is 18.5. The highest BCUT2D eigenvalue weighted by Gasteiger charge is 2.41. The van der Waals surface area contributed by atoms with Crippen LogP contribution < -0.4 is 9.64 Å². The van der Waals surface area contributed by atoms with Gasteiger partial charge in [0.2, 0.25) is 0 Å². The first-order valence-corrected chi connectivity index (χ1v) is 13.1. The van der Waals surface area contributed by atoms with E-state index in [1.807, 2.05) is 44.2 Å². The molecule has 0 saturated heterocycles. The Bertz CT molecular complexity index is 1090. The number of sulfone groups is 1. The maximum Gasteiger partial charge on any atom is 0.333 e. The fourth-order valence-electron chi connectivity index (χ4n) is 3.89. The average Bonchev–Trinajstić information content (AvgIpc) is 2.87. The summed E-state index contributed by atoms with van der Waals surface area (Å²) in [4.78, 5) is 13.8. The summed E-state index contributed by atoms with van der Waals surface area (Å²) < 4.78 is 38.1. The molecule has 0 fully saturated rings. The summed E-state index contributed by atoms with van der Waals surface area (Å²) in [7, 11) is -3.60. The zero-order valence-corrected chi connectivity index (χ0v) is 20.9. The third-order valence-electron chi connectivity index (χ3n) is 5.88. The van der Waals surface area contributed by atoms with E-state index in [0.29, 0.717) is 22.5 Å². The molecule has 0 saturated carbocycles. The number of hydrogen-bond acceptors (Lipinski definition) is 6. The summed E-state index contributed by atoms with van der Waals surface area (Å²) in [5.41, 5.74) is 1.15. The van der Waals surface area contributed by atoms with Crippen LogP contribution in [0.4, 0.5) is 11.4 Å². The Morgan fingerprint density at radius 3 is 2.47 bits per heavy atom. The maximum atomic E-state index is 13.5. The van der Waals surface area contributed by atoms with E-state index in [4.69, 9.17) is 9.47 Å². The van der Waals surface area contributed by atoms with Crippen molar-refractivity contribution in [2.45, 2.75) is 38.5 Å². The van der Waals surface area contributed by atoms with Gasteiger partial charge in [0.25, 0.3) is 0 Å². The van der Waals surface area contributed by atoms with E-state index in [9.17, 15) is 13.2 Å². The zero-order chi connectivity index (χ0) is 23.4. The summed E-state index contributed by atoms with van der Waals surface area (Å²) in [5.74, 6) is -0.165. The minimum absolute atomic E-state index is 0.0586. The van der Waals surface area contributed by atoms with Crippen molar-refractivity contribution in [3.63, 3.8) is 0 Å². The highest BCUT2D eigenvalue weighted by Crippen LogP contribution is 2.46. The number of benzene rings is 2. The predicted octanol–water partition coefficient (Wildman–Crippen LogP) is 5.64. The molecule has 0 amide bonds. The van der Waals surface area contributed by atoms with Crippen LogP contribution in [0.5, 0.6) is 5.75 Å². The van der Waals surface area contributed by atoms with E-state index in [1.165, 1.54) is 12.3 Å². The lowest BCUT2D eigenvalue weighted by molar-refractivity contribution is -0.137. The molecule has 0 spiro atoms. The van der Waals surface area contributed by atoms with Gasteiger partial charge in [0.1, 0.15) is 5.75 Å². The third kappa shape index (κ3) is 5.18. The minimum Gasteiger partial charge on any atom is -0.463 e. The number of rotatable bonds is 7. The molecule has 32 heavy (non-hydrogen) atoms. The Morgan fingerprint density at radius 2 is 1.84 bits per heavy atom. The third-order valence-corrected chi connectivity index (χ3v) is 8.49. The molecule has 1 aliphatic rings. The molecule has 0 aromatic heterocycles. The van der Waals surface area contributed by atoms with Crippen LogP contribution in [0.25, 0.3) is 0 Å². The Hall–Kier alpha value is -2.32. The Balaban J connectivity index is 2.12. The molecule has 0 radical (unpaired) electrons. The standard InChI is InChI=1S/C24H28BrNO5S/c1-4-24(5-2)16-26(18-10-8-7-9-11-18)20-14-19(25)21(15-22(20)32(28,29)17-24)31-13-12-23(27)30-6-3/h7-15H,4-6,16-17H2,1-3H3/b13-12+. The van der Waals surface area contributed by atoms with Crippen molar-refractivity contribution >= 4 is 43.1 Å². The van der Waals surface area contributed by atoms with Gasteiger partial charge in [0.05, 0.1) is 39.8 Å². The second kappa shape index (κ2) is 10.1. The molecule has 1 heterocycles. The van der Waals surface area contributed by atoms with E-state index in [0.717, 1.165) is 24.6 Å². The summed E-state index contributed by atoms with van der Waals surface area (Å²) in [6, 6.07) is 13.1. The van der Waals surface area contributed by atoms with Crippen LogP contribution >= 0.6 is 15.9 Å². The quantitative estimate of drug-likeness (QED) is 0.266. The Morgan fingerprint density at radius 1 is 1.16 bits per heavy atom. The van der Waals surface area contributed by atoms with Crippen LogP contribution in [0.3, 0.4) is 0 Å². The van der Waals surface area contributed by atoms with Crippen molar-refractivity contribution in [3.05, 3.63) is 59.3 Å². The highest BCUT2D eigenvalue weighted by atomic mass is 79.9. The van der Waals surface area contributed by atoms with Crippen LogP contribution in [0.2, 0.25) is 0 Å². The molecule has 3 rings (SSSR count). The number of anilines is 2. The van der Waals surface area contributed by atoms with E-state index >= 15 is 0 Å². The van der Waals surface area contributed by atoms with Gasteiger partial charge in [0.15, 0.2) is 9.84 Å². The Kier molecular flexibility index (Phi) is 7.67. The van der Waals surface area contributed by atoms with Crippen molar-refractivity contribution in [2.24, 2.45) is 5.41 Å². The molecule has 8 heteroatoms. The Labute approximate surface area is 198 Å². The number of fused-ring (bicyclic) bond motifs is 1. The van der Waals surface area contributed by atoms with Crippen molar-refractivity contribution in [3.8, 4) is 5.75 Å². The van der Waals surface area contributed by atoms with Gasteiger partial charge >= 0.3 is 5.97 Å². The average molecular weight is 522 g/mol. The van der Waals surface area contributed by atoms with E-state index in [1.54, 1.807) is 13.0 Å². The van der Waals surface area contributed by atoms with Gasteiger partial charge in [-0.2, -0.15) is 0 Å². The van der Waals surface area contributed by atoms with Gasteiger partial charge in [0, 0.05) is 23.7 Å². The molecule has 2 aromatic rings. The number of carbonyl (C=O) groups excluding carboxylic acids is 1. The van der Waals surface area contributed by atoms with Gasteiger partial charge in [-0.05, 0) is 53.9 Å². The van der Waals surface area contributed by atoms with Gasteiger partial charge in [-0.1, -0.05) is 32.0 Å². The number of nitrogens with zero attached hydrogens (tertiary/aromatic N) is 1. The predicted molar refractivity (Wildman–Crippen MR) is 129 cm³/mol. The van der Waals surface area contributed by atoms with Gasteiger partial charge in [-0.15, -0.1) is 0 Å². The lowest BCUT2D eigenvalue weighted by Gasteiger charge is -2.35. The molecule has 1 aliphatic heterocycles. The number of hydrogen-bond donors (Lipinski definition) is 0. The highest BCUT2D eigenvalue weighted by molar-refractivity contribution is 9.10. The second-order valence-corrected chi connectivity index (χ2v) is 10.6. The first-order chi connectivity index (χ1) is 15.2. The fourth-order valence-corrected chi connectivity index (χ4v) is 6.55. The van der Waals surface area contributed by atoms with Crippen molar-refractivity contribution in [1.29, 1.82) is 0 Å². The molecular weight excluding hydrogens is 494 g/mol. The molecule has 0 aliphatic carbocycles. The monoisotopic (exact) mass is 521 g/mol. The summed E-state index contributed by atoms with van der Waals surface area (Å²) in [6.07, 6.45) is 3.84. The van der Waals surface area contributed by atoms with Crippen molar-refractivity contribution < 1.29 is 22.7 Å². The van der Waals surface area contributed by atoms with Crippen LogP contribution in [0.1, 0.15) is 33.6 Å². The first-order valence-electron chi connectivity index (χ1n) is 10.6. The lowest BCUT2D eigenvalue weighted by atomic mass is 9.83. The van der Waals surface area contributed by atoms with E-state index < -0.39 is 15.8 Å². The number of para-hydroxylation sites is 1. The minimum atomic E-state index is -3.60. The molecule has 6 nitrogen and oxygen atoms in total. The number of halogens is 1. The van der Waals surface area contributed by atoms with Gasteiger partial charge < -0.3 is 14.4 Å². The van der Waals surface area contributed by atoms with Crippen LogP contribution in [0.15, 0.2) is 64.2 Å². The molecule has 2 aromatic carbocycles. The smallest absolute Gasteiger partial charge is 0.333 e. The topological polar surface area (TPSA) is 72.9 Å². The van der Waals surface area contributed by atoms with Gasteiger partial charge in [-0.3, -0.25) is 0 Å². The fraction of sp³-hybridized carbons (Fsp3) is 0.375. The van der Waals surface area contributed by atoms with Crippen molar-refractivity contribution in [1.82, 2.24) is 0 Å². The normalized spacial score (nSPS) is 16.9. The molecule has 0 N–H and O–H groups in total. The van der Waals surface area contributed by atoms with Crippen molar-refractivity contribution in [2.75, 3.05) is 23.8 Å². The summed E-state index contributed by atoms with van der Waals surface area (Å²) >= 11 is 3.50. The molecule has 0 unspecified atom stereocenters. The van der Waals surface area contributed by atoms with E-state index in [2.05, 4.69) is 20.8 Å². The summed E-state index contributed by atoms with van der Waals surface area (Å²) in [6.45, 7) is 6.65. The maximum absolute atomic E-state index is 13.5.